The average Bonchev–Trinajstić information content (AvgIpc) is 2.13. The van der Waals surface area contributed by atoms with E-state index in [4.69, 9.17) is 5.11 Å². The van der Waals surface area contributed by atoms with Crippen molar-refractivity contribution in [2.24, 2.45) is 5.41 Å². The van der Waals surface area contributed by atoms with E-state index in [2.05, 4.69) is 0 Å². The first-order valence-corrected chi connectivity index (χ1v) is 5.30. The van der Waals surface area contributed by atoms with Crippen LogP contribution in [0.3, 0.4) is 0 Å². The van der Waals surface area contributed by atoms with Gasteiger partial charge in [-0.2, -0.15) is 13.2 Å². The Morgan fingerprint density at radius 3 is 1.78 bits per heavy atom. The van der Waals surface area contributed by atoms with Gasteiger partial charge < -0.3 is 10.0 Å². The second-order valence-electron chi connectivity index (χ2n) is 5.38. The molecule has 0 aliphatic carbocycles. The molecule has 0 saturated heterocycles. The minimum atomic E-state index is -4.52. The summed E-state index contributed by atoms with van der Waals surface area (Å²) < 4.78 is 37.9. The lowest BCUT2D eigenvalue weighted by atomic mass is 9.87. The van der Waals surface area contributed by atoms with E-state index in [0.717, 1.165) is 18.7 Å². The van der Waals surface area contributed by atoms with Gasteiger partial charge in [-0.1, -0.05) is 13.8 Å². The van der Waals surface area contributed by atoms with Crippen molar-refractivity contribution in [1.29, 1.82) is 0 Å². The van der Waals surface area contributed by atoms with Crippen molar-refractivity contribution in [3.63, 3.8) is 0 Å². The van der Waals surface area contributed by atoms with Crippen LogP contribution in [-0.4, -0.2) is 40.6 Å². The Bertz CT molecular complexity index is 348. The molecule has 0 radical (unpaired) electrons. The summed E-state index contributed by atoms with van der Waals surface area (Å²) in [6.45, 7) is 4.33. The largest absolute Gasteiger partial charge is 0.480 e. The van der Waals surface area contributed by atoms with Crippen molar-refractivity contribution in [3.05, 3.63) is 0 Å². The van der Waals surface area contributed by atoms with E-state index in [1.54, 1.807) is 0 Å². The average molecular weight is 269 g/mol. The summed E-state index contributed by atoms with van der Waals surface area (Å²) in [6.07, 6.45) is -5.30. The third-order valence-electron chi connectivity index (χ3n) is 3.10. The van der Waals surface area contributed by atoms with Crippen molar-refractivity contribution in [2.45, 2.75) is 45.8 Å². The fourth-order valence-electron chi connectivity index (χ4n) is 1.05. The number of nitrogens with zero attached hydrogens (tertiary/aromatic N) is 1. The first kappa shape index (κ1) is 16.7. The van der Waals surface area contributed by atoms with Crippen molar-refractivity contribution in [2.75, 3.05) is 7.05 Å². The molecule has 1 amide bonds. The summed E-state index contributed by atoms with van der Waals surface area (Å²) in [5.74, 6) is -2.13. The van der Waals surface area contributed by atoms with Crippen molar-refractivity contribution in [1.82, 2.24) is 4.90 Å². The van der Waals surface area contributed by atoms with Crippen molar-refractivity contribution in [3.8, 4) is 0 Å². The fourth-order valence-corrected chi connectivity index (χ4v) is 1.05. The number of carboxylic acid groups (broad SMARTS) is 1. The van der Waals surface area contributed by atoms with Gasteiger partial charge in [0.15, 0.2) is 0 Å². The quantitative estimate of drug-likeness (QED) is 0.851. The number of hydrogen-bond donors (Lipinski definition) is 1. The molecule has 0 aromatic carbocycles. The van der Waals surface area contributed by atoms with Gasteiger partial charge >= 0.3 is 12.1 Å². The summed E-state index contributed by atoms with van der Waals surface area (Å²) in [4.78, 5) is 23.5. The fraction of sp³-hybridized carbons (Fsp3) is 0.818. The van der Waals surface area contributed by atoms with Crippen LogP contribution in [0.25, 0.3) is 0 Å². The molecular weight excluding hydrogens is 251 g/mol. The number of hydrogen-bond acceptors (Lipinski definition) is 2. The highest BCUT2D eigenvalue weighted by Crippen LogP contribution is 2.40. The van der Waals surface area contributed by atoms with Crippen LogP contribution in [-0.2, 0) is 9.59 Å². The molecule has 18 heavy (non-hydrogen) atoms. The molecule has 0 atom stereocenters. The lowest BCUT2D eigenvalue weighted by Crippen LogP contribution is -2.52. The minimum Gasteiger partial charge on any atom is -0.480 e. The van der Waals surface area contributed by atoms with Crippen LogP contribution < -0.4 is 0 Å². The highest BCUT2D eigenvalue weighted by atomic mass is 19.4. The van der Waals surface area contributed by atoms with Gasteiger partial charge in [-0.3, -0.25) is 4.79 Å². The molecule has 0 unspecified atom stereocenters. The zero-order valence-electron chi connectivity index (χ0n) is 11.1. The maximum atomic E-state index is 12.6. The van der Waals surface area contributed by atoms with E-state index in [9.17, 15) is 22.8 Å². The topological polar surface area (TPSA) is 57.6 Å². The van der Waals surface area contributed by atoms with Crippen LogP contribution in [0.5, 0.6) is 0 Å². The first-order valence-electron chi connectivity index (χ1n) is 5.30. The van der Waals surface area contributed by atoms with Gasteiger partial charge in [0.1, 0.15) is 5.54 Å². The Morgan fingerprint density at radius 1 is 1.11 bits per heavy atom. The monoisotopic (exact) mass is 269 g/mol. The molecule has 0 saturated carbocycles. The predicted molar refractivity (Wildman–Crippen MR) is 58.9 cm³/mol. The SMILES string of the molecule is CN(C(=O)CC(C)(C)C(F)(F)F)C(C)(C)C(=O)O. The first-order chi connectivity index (χ1) is 7.73. The minimum absolute atomic E-state index is 0.788. The molecule has 0 aromatic rings. The van der Waals surface area contributed by atoms with E-state index in [1.807, 2.05) is 0 Å². The van der Waals surface area contributed by atoms with E-state index in [0.29, 0.717) is 0 Å². The second kappa shape index (κ2) is 4.78. The molecule has 0 spiro atoms. The maximum absolute atomic E-state index is 12.6. The number of aliphatic carboxylic acids is 1. The normalized spacial score (nSPS) is 13.3. The molecule has 106 valence electrons. The molecule has 0 fully saturated rings. The lowest BCUT2D eigenvalue weighted by molar-refractivity contribution is -0.215. The van der Waals surface area contributed by atoms with Gasteiger partial charge in [0.05, 0.1) is 5.41 Å². The van der Waals surface area contributed by atoms with Crippen molar-refractivity contribution >= 4 is 11.9 Å². The molecular formula is C11H18F3NO3. The van der Waals surface area contributed by atoms with E-state index < -0.39 is 35.4 Å². The second-order valence-corrected chi connectivity index (χ2v) is 5.38. The van der Waals surface area contributed by atoms with E-state index in [-0.39, 0.29) is 0 Å². The smallest absolute Gasteiger partial charge is 0.394 e. The van der Waals surface area contributed by atoms with Crippen LogP contribution in [0.4, 0.5) is 13.2 Å². The van der Waals surface area contributed by atoms with Crippen LogP contribution in [0, 0.1) is 5.41 Å². The number of likely N-dealkylation sites (N-methyl/N-ethyl adjacent to an activating group) is 1. The van der Waals surface area contributed by atoms with Crippen LogP contribution >= 0.6 is 0 Å². The third-order valence-corrected chi connectivity index (χ3v) is 3.10. The summed E-state index contributed by atoms with van der Waals surface area (Å²) in [7, 11) is 1.18. The van der Waals surface area contributed by atoms with Gasteiger partial charge in [-0.25, -0.2) is 4.79 Å². The standard InChI is InChI=1S/C11H18F3NO3/c1-9(2,11(12,13)14)6-7(16)15(5)10(3,4)8(17)18/h6H2,1-5H3,(H,17,18). The van der Waals surface area contributed by atoms with E-state index >= 15 is 0 Å². The van der Waals surface area contributed by atoms with Gasteiger partial charge in [0.25, 0.3) is 0 Å². The van der Waals surface area contributed by atoms with E-state index in [1.165, 1.54) is 20.9 Å². The highest BCUT2D eigenvalue weighted by molar-refractivity contribution is 5.86. The lowest BCUT2D eigenvalue weighted by Gasteiger charge is -2.35. The number of rotatable bonds is 4. The van der Waals surface area contributed by atoms with Gasteiger partial charge in [-0.15, -0.1) is 0 Å². The Labute approximate surface area is 104 Å². The Kier molecular flexibility index (Phi) is 4.44. The summed E-state index contributed by atoms with van der Waals surface area (Å²) in [6, 6.07) is 0. The summed E-state index contributed by atoms with van der Waals surface area (Å²) in [5.41, 5.74) is -3.73. The number of carbonyl (C=O) groups excluding carboxylic acids is 1. The van der Waals surface area contributed by atoms with Crippen LogP contribution in [0.1, 0.15) is 34.1 Å². The predicted octanol–water partition coefficient (Wildman–Crippen LogP) is 2.29. The molecule has 0 bridgehead atoms. The Morgan fingerprint density at radius 2 is 1.50 bits per heavy atom. The Hall–Kier alpha value is -1.27. The molecule has 0 heterocycles. The van der Waals surface area contributed by atoms with Crippen molar-refractivity contribution < 1.29 is 27.9 Å². The van der Waals surface area contributed by atoms with Gasteiger partial charge in [0, 0.05) is 13.5 Å². The summed E-state index contributed by atoms with van der Waals surface area (Å²) >= 11 is 0. The molecule has 7 heteroatoms. The molecule has 0 rings (SSSR count). The molecule has 0 aliphatic rings. The number of alkyl halides is 3. The third kappa shape index (κ3) is 3.36. The van der Waals surface area contributed by atoms with Crippen LogP contribution in [0.15, 0.2) is 0 Å². The number of halogens is 3. The number of carboxylic acids is 1. The number of amides is 1. The molecule has 4 nitrogen and oxygen atoms in total. The van der Waals surface area contributed by atoms with Gasteiger partial charge in [0.2, 0.25) is 5.91 Å². The highest BCUT2D eigenvalue weighted by Gasteiger charge is 2.49. The number of carbonyl (C=O) groups is 2. The molecule has 0 aromatic heterocycles. The van der Waals surface area contributed by atoms with Crippen LogP contribution in [0.2, 0.25) is 0 Å². The zero-order chi connectivity index (χ0) is 14.9. The zero-order valence-corrected chi connectivity index (χ0v) is 11.1. The Balaban J connectivity index is 4.96. The molecule has 0 aliphatic heterocycles. The van der Waals surface area contributed by atoms with Gasteiger partial charge in [-0.05, 0) is 13.8 Å². The molecule has 1 N–H and O–H groups in total. The summed E-state index contributed by atoms with van der Waals surface area (Å²) in [5, 5.41) is 8.90. The maximum Gasteiger partial charge on any atom is 0.394 e.